The van der Waals surface area contributed by atoms with Crippen molar-refractivity contribution < 1.29 is 14.6 Å². The second kappa shape index (κ2) is 5.74. The third-order valence-corrected chi connectivity index (χ3v) is 1.43. The third kappa shape index (κ3) is 4.10. The Morgan fingerprint density at radius 2 is 2.33 bits per heavy atom. The largest absolute Gasteiger partial charge is 0.460 e. The van der Waals surface area contributed by atoms with Crippen LogP contribution in [0.3, 0.4) is 0 Å². The summed E-state index contributed by atoms with van der Waals surface area (Å²) in [5, 5.41) is 8.94. The zero-order valence-electron chi connectivity index (χ0n) is 7.41. The molecule has 70 valence electrons. The normalized spacial score (nSPS) is 14.2. The van der Waals surface area contributed by atoms with Crippen LogP contribution in [0.1, 0.15) is 13.8 Å². The fourth-order valence-corrected chi connectivity index (χ4v) is 0.472. The van der Waals surface area contributed by atoms with Gasteiger partial charge in [-0.25, -0.2) is 4.79 Å². The molecule has 4 heteroatoms. The van der Waals surface area contributed by atoms with Crippen LogP contribution in [0.4, 0.5) is 0 Å². The van der Waals surface area contributed by atoms with Crippen molar-refractivity contribution in [2.45, 2.75) is 20.0 Å². The molecule has 0 heterocycles. The number of aliphatic hydroxyl groups excluding tert-OH is 1. The average Bonchev–Trinajstić information content (AvgIpc) is 2.11. The molecule has 0 bridgehead atoms. The molecular formula is C8H15NO3. The molecule has 0 aliphatic rings. The maximum Gasteiger partial charge on any atom is 0.333 e. The highest BCUT2D eigenvalue weighted by atomic mass is 16.5. The predicted molar refractivity (Wildman–Crippen MR) is 45.5 cm³/mol. The van der Waals surface area contributed by atoms with E-state index in [2.05, 4.69) is 0 Å². The van der Waals surface area contributed by atoms with E-state index < -0.39 is 12.1 Å². The minimum atomic E-state index is -0.765. The van der Waals surface area contributed by atoms with Gasteiger partial charge in [0, 0.05) is 12.1 Å². The van der Waals surface area contributed by atoms with Gasteiger partial charge in [-0.15, -0.1) is 0 Å². The van der Waals surface area contributed by atoms with Gasteiger partial charge >= 0.3 is 5.97 Å². The molecule has 0 rings (SSSR count). The first-order valence-electron chi connectivity index (χ1n) is 3.80. The van der Waals surface area contributed by atoms with Gasteiger partial charge in [0.05, 0.1) is 0 Å². The summed E-state index contributed by atoms with van der Waals surface area (Å²) in [5.41, 5.74) is 5.64. The quantitative estimate of drug-likeness (QED) is 0.456. The number of rotatable bonds is 4. The zero-order chi connectivity index (χ0) is 9.56. The van der Waals surface area contributed by atoms with Gasteiger partial charge in [0.2, 0.25) is 0 Å². The second-order valence-electron chi connectivity index (χ2n) is 2.46. The molecule has 12 heavy (non-hydrogen) atoms. The van der Waals surface area contributed by atoms with E-state index in [9.17, 15) is 4.79 Å². The minimum absolute atomic E-state index is 0.0412. The fourth-order valence-electron chi connectivity index (χ4n) is 0.472. The minimum Gasteiger partial charge on any atom is -0.460 e. The molecule has 0 amide bonds. The number of esters is 1. The number of nitrogens with two attached hydrogens (primary N) is 1. The summed E-state index contributed by atoms with van der Waals surface area (Å²) in [6.07, 6.45) is 0.885. The number of ether oxygens (including phenoxy) is 1. The van der Waals surface area contributed by atoms with Gasteiger partial charge in [0.15, 0.2) is 0 Å². The van der Waals surface area contributed by atoms with Crippen LogP contribution in [0.15, 0.2) is 11.6 Å². The average molecular weight is 173 g/mol. The molecule has 0 saturated heterocycles. The Bertz CT molecular complexity index is 177. The lowest BCUT2D eigenvalue weighted by Gasteiger charge is -2.08. The summed E-state index contributed by atoms with van der Waals surface area (Å²) < 4.78 is 4.71. The standard InChI is InChI=1S/C8H15NO3/c1-3-6(2)8(11)12-5-7(10)4-9/h3,7,10H,4-5,9H2,1-2H3. The Morgan fingerprint density at radius 1 is 1.75 bits per heavy atom. The summed E-state index contributed by atoms with van der Waals surface area (Å²) in [7, 11) is 0. The molecule has 0 aliphatic heterocycles. The van der Waals surface area contributed by atoms with Gasteiger partial charge in [-0.3, -0.25) is 0 Å². The number of aliphatic hydroxyl groups is 1. The van der Waals surface area contributed by atoms with Crippen LogP contribution in [0.5, 0.6) is 0 Å². The van der Waals surface area contributed by atoms with E-state index in [-0.39, 0.29) is 13.2 Å². The molecule has 0 aromatic carbocycles. The number of allylic oxidation sites excluding steroid dienone is 1. The molecule has 0 aliphatic carbocycles. The topological polar surface area (TPSA) is 72.5 Å². The summed E-state index contributed by atoms with van der Waals surface area (Å²) in [5.74, 6) is -0.412. The Morgan fingerprint density at radius 3 is 2.75 bits per heavy atom. The maximum absolute atomic E-state index is 11.0. The van der Waals surface area contributed by atoms with E-state index in [1.807, 2.05) is 0 Å². The molecule has 0 spiro atoms. The highest BCUT2D eigenvalue weighted by Crippen LogP contribution is 1.96. The van der Waals surface area contributed by atoms with Crippen LogP contribution >= 0.6 is 0 Å². The van der Waals surface area contributed by atoms with Gasteiger partial charge in [-0.1, -0.05) is 6.08 Å². The van der Waals surface area contributed by atoms with Crippen molar-refractivity contribution in [1.29, 1.82) is 0 Å². The predicted octanol–water partition coefficient (Wildman–Crippen LogP) is -0.185. The van der Waals surface area contributed by atoms with Crippen LogP contribution in [0, 0.1) is 0 Å². The number of carbonyl (C=O) groups is 1. The summed E-state index contributed by atoms with van der Waals surface area (Å²) in [4.78, 5) is 11.0. The molecule has 1 unspecified atom stereocenters. The van der Waals surface area contributed by atoms with Crippen LogP contribution in [-0.2, 0) is 9.53 Å². The molecule has 0 aromatic rings. The molecule has 0 aromatic heterocycles. The Hall–Kier alpha value is -0.870. The fraction of sp³-hybridized carbons (Fsp3) is 0.625. The molecule has 0 radical (unpaired) electrons. The molecule has 4 nitrogen and oxygen atoms in total. The number of hydrogen-bond acceptors (Lipinski definition) is 4. The number of hydrogen-bond donors (Lipinski definition) is 2. The first-order chi connectivity index (χ1) is 5.61. The molecule has 0 saturated carbocycles. The van der Waals surface area contributed by atoms with E-state index in [1.165, 1.54) is 0 Å². The van der Waals surface area contributed by atoms with Crippen LogP contribution < -0.4 is 5.73 Å². The highest BCUT2D eigenvalue weighted by Gasteiger charge is 2.07. The first-order valence-corrected chi connectivity index (χ1v) is 3.80. The van der Waals surface area contributed by atoms with E-state index in [0.29, 0.717) is 5.57 Å². The van der Waals surface area contributed by atoms with Gasteiger partial charge in [-0.05, 0) is 13.8 Å². The second-order valence-corrected chi connectivity index (χ2v) is 2.46. The summed E-state index contributed by atoms with van der Waals surface area (Å²) in [6.45, 7) is 3.45. The van der Waals surface area contributed by atoms with Crippen molar-refractivity contribution in [3.63, 3.8) is 0 Å². The van der Waals surface area contributed by atoms with Crippen molar-refractivity contribution >= 4 is 5.97 Å². The third-order valence-electron chi connectivity index (χ3n) is 1.43. The van der Waals surface area contributed by atoms with Crippen LogP contribution in [0.2, 0.25) is 0 Å². The smallest absolute Gasteiger partial charge is 0.333 e. The van der Waals surface area contributed by atoms with E-state index in [1.54, 1.807) is 19.9 Å². The zero-order valence-corrected chi connectivity index (χ0v) is 7.41. The Labute approximate surface area is 72.0 Å². The van der Waals surface area contributed by atoms with Crippen LogP contribution in [-0.4, -0.2) is 30.3 Å². The van der Waals surface area contributed by atoms with E-state index >= 15 is 0 Å². The molecule has 1 atom stereocenters. The summed E-state index contributed by atoms with van der Waals surface area (Å²) >= 11 is 0. The first kappa shape index (κ1) is 11.1. The highest BCUT2D eigenvalue weighted by molar-refractivity contribution is 5.87. The Kier molecular flexibility index (Phi) is 5.32. The lowest BCUT2D eigenvalue weighted by Crippen LogP contribution is -2.26. The maximum atomic E-state index is 11.0. The van der Waals surface area contributed by atoms with Crippen LogP contribution in [0.25, 0.3) is 0 Å². The van der Waals surface area contributed by atoms with Crippen molar-refractivity contribution in [1.82, 2.24) is 0 Å². The van der Waals surface area contributed by atoms with Crippen molar-refractivity contribution in [2.75, 3.05) is 13.2 Å². The lowest BCUT2D eigenvalue weighted by atomic mass is 10.3. The SMILES string of the molecule is CC=C(C)C(=O)OCC(O)CN. The van der Waals surface area contributed by atoms with Gasteiger partial charge in [0.25, 0.3) is 0 Å². The molecular weight excluding hydrogens is 158 g/mol. The van der Waals surface area contributed by atoms with Crippen molar-refractivity contribution in [3.8, 4) is 0 Å². The van der Waals surface area contributed by atoms with Gasteiger partial charge < -0.3 is 15.6 Å². The molecule has 0 fully saturated rings. The van der Waals surface area contributed by atoms with Crippen molar-refractivity contribution in [2.24, 2.45) is 5.73 Å². The number of carbonyl (C=O) groups excluding carboxylic acids is 1. The van der Waals surface area contributed by atoms with E-state index in [0.717, 1.165) is 0 Å². The summed E-state index contributed by atoms with van der Waals surface area (Å²) in [6, 6.07) is 0. The van der Waals surface area contributed by atoms with E-state index in [4.69, 9.17) is 15.6 Å². The van der Waals surface area contributed by atoms with Gasteiger partial charge in [0.1, 0.15) is 12.7 Å². The lowest BCUT2D eigenvalue weighted by molar-refractivity contribution is -0.141. The van der Waals surface area contributed by atoms with Crippen molar-refractivity contribution in [3.05, 3.63) is 11.6 Å². The van der Waals surface area contributed by atoms with Gasteiger partial charge in [-0.2, -0.15) is 0 Å². The Balaban J connectivity index is 3.72. The molecule has 3 N–H and O–H groups in total. The monoisotopic (exact) mass is 173 g/mol.